The summed E-state index contributed by atoms with van der Waals surface area (Å²) in [5.74, 6) is 5.83. The fourth-order valence-electron chi connectivity index (χ4n) is 1.96. The molecular formula is C19H18N2O2. The van der Waals surface area contributed by atoms with Gasteiger partial charge in [-0.25, -0.2) is 4.79 Å². The van der Waals surface area contributed by atoms with Crippen molar-refractivity contribution in [1.29, 1.82) is 0 Å². The Morgan fingerprint density at radius 1 is 1.09 bits per heavy atom. The van der Waals surface area contributed by atoms with Gasteiger partial charge in [0.2, 0.25) is 0 Å². The molecule has 0 aliphatic heterocycles. The van der Waals surface area contributed by atoms with Crippen LogP contribution in [-0.2, 0) is 0 Å². The fourth-order valence-corrected chi connectivity index (χ4v) is 1.96. The third-order valence-electron chi connectivity index (χ3n) is 3.14. The van der Waals surface area contributed by atoms with Crippen LogP contribution in [0.15, 0.2) is 48.5 Å². The Balaban J connectivity index is 1.83. The molecule has 0 unspecified atom stereocenters. The van der Waals surface area contributed by atoms with Gasteiger partial charge < -0.3 is 10.6 Å². The lowest BCUT2D eigenvalue weighted by atomic mass is 10.1. The molecule has 0 radical (unpaired) electrons. The molecule has 0 aliphatic rings. The number of carbonyl (C=O) groups is 2. The maximum Gasteiger partial charge on any atom is 0.319 e. The summed E-state index contributed by atoms with van der Waals surface area (Å²) in [5, 5.41) is 5.42. The summed E-state index contributed by atoms with van der Waals surface area (Å²) in [6.07, 6.45) is 0. The van der Waals surface area contributed by atoms with E-state index in [1.54, 1.807) is 24.3 Å². The molecule has 0 saturated carbocycles. The molecule has 0 fully saturated rings. The Labute approximate surface area is 135 Å². The molecule has 2 rings (SSSR count). The molecule has 0 bridgehead atoms. The fraction of sp³-hybridized carbons (Fsp3) is 0.158. The van der Waals surface area contributed by atoms with E-state index in [1.165, 1.54) is 6.92 Å². The van der Waals surface area contributed by atoms with Crippen LogP contribution in [-0.4, -0.2) is 18.4 Å². The largest absolute Gasteiger partial charge is 0.327 e. The van der Waals surface area contributed by atoms with Gasteiger partial charge in [-0.2, -0.15) is 0 Å². The van der Waals surface area contributed by atoms with Crippen molar-refractivity contribution in [3.8, 4) is 11.8 Å². The number of benzene rings is 2. The second kappa shape index (κ2) is 7.81. The lowest BCUT2D eigenvalue weighted by Crippen LogP contribution is -2.28. The third kappa shape index (κ3) is 5.33. The van der Waals surface area contributed by atoms with E-state index in [-0.39, 0.29) is 18.4 Å². The second-order valence-corrected chi connectivity index (χ2v) is 5.11. The molecule has 2 N–H and O–H groups in total. The van der Waals surface area contributed by atoms with Crippen LogP contribution in [0.3, 0.4) is 0 Å². The maximum absolute atomic E-state index is 11.7. The Hall–Kier alpha value is -3.06. The van der Waals surface area contributed by atoms with Crippen LogP contribution < -0.4 is 10.6 Å². The summed E-state index contributed by atoms with van der Waals surface area (Å²) >= 11 is 0. The smallest absolute Gasteiger partial charge is 0.319 e. The van der Waals surface area contributed by atoms with Gasteiger partial charge in [-0.3, -0.25) is 4.79 Å². The Morgan fingerprint density at radius 3 is 2.48 bits per heavy atom. The first-order valence-corrected chi connectivity index (χ1v) is 7.26. The van der Waals surface area contributed by atoms with Gasteiger partial charge >= 0.3 is 6.03 Å². The normalized spacial score (nSPS) is 9.48. The molecule has 0 aromatic heterocycles. The van der Waals surface area contributed by atoms with Crippen LogP contribution in [0, 0.1) is 18.8 Å². The van der Waals surface area contributed by atoms with Crippen molar-refractivity contribution in [3.05, 3.63) is 65.2 Å². The lowest BCUT2D eigenvalue weighted by molar-refractivity contribution is 0.101. The Morgan fingerprint density at radius 2 is 1.83 bits per heavy atom. The molecule has 0 saturated heterocycles. The zero-order valence-corrected chi connectivity index (χ0v) is 13.1. The van der Waals surface area contributed by atoms with Crippen molar-refractivity contribution >= 4 is 17.5 Å². The minimum absolute atomic E-state index is 0.0268. The molecule has 2 aromatic carbocycles. The predicted octanol–water partition coefficient (Wildman–Crippen LogP) is 3.37. The zero-order valence-electron chi connectivity index (χ0n) is 13.1. The summed E-state index contributed by atoms with van der Waals surface area (Å²) in [6, 6.07) is 14.3. The number of rotatable bonds is 3. The van der Waals surface area contributed by atoms with Crippen LogP contribution in [0.25, 0.3) is 0 Å². The molecule has 0 aliphatic carbocycles. The minimum atomic E-state index is -0.295. The summed E-state index contributed by atoms with van der Waals surface area (Å²) in [5.41, 5.74) is 3.29. The third-order valence-corrected chi connectivity index (χ3v) is 3.14. The van der Waals surface area contributed by atoms with E-state index < -0.39 is 0 Å². The van der Waals surface area contributed by atoms with E-state index in [0.717, 1.165) is 16.8 Å². The highest BCUT2D eigenvalue weighted by Crippen LogP contribution is 2.08. The van der Waals surface area contributed by atoms with Crippen LogP contribution in [0.5, 0.6) is 0 Å². The van der Waals surface area contributed by atoms with E-state index in [4.69, 9.17) is 0 Å². The highest BCUT2D eigenvalue weighted by molar-refractivity contribution is 5.94. The topological polar surface area (TPSA) is 58.2 Å². The monoisotopic (exact) mass is 306 g/mol. The van der Waals surface area contributed by atoms with Gasteiger partial charge in [-0.15, -0.1) is 0 Å². The summed E-state index contributed by atoms with van der Waals surface area (Å²) < 4.78 is 0. The molecule has 0 heterocycles. The first kappa shape index (κ1) is 16.3. The first-order chi connectivity index (χ1) is 11.0. The van der Waals surface area contributed by atoms with Gasteiger partial charge in [0.25, 0.3) is 0 Å². The van der Waals surface area contributed by atoms with E-state index >= 15 is 0 Å². The number of ketones is 1. The summed E-state index contributed by atoms with van der Waals surface area (Å²) in [4.78, 5) is 22.9. The number of aryl methyl sites for hydroxylation is 1. The minimum Gasteiger partial charge on any atom is -0.327 e. The molecule has 23 heavy (non-hydrogen) atoms. The van der Waals surface area contributed by atoms with Crippen LogP contribution in [0.1, 0.15) is 28.4 Å². The van der Waals surface area contributed by atoms with Gasteiger partial charge in [0.15, 0.2) is 5.78 Å². The highest BCUT2D eigenvalue weighted by Gasteiger charge is 2.00. The predicted molar refractivity (Wildman–Crippen MR) is 91.5 cm³/mol. The molecule has 4 heteroatoms. The molecule has 116 valence electrons. The average molecular weight is 306 g/mol. The number of anilines is 1. The molecule has 2 aromatic rings. The number of urea groups is 1. The first-order valence-electron chi connectivity index (χ1n) is 7.26. The number of amides is 2. The Kier molecular flexibility index (Phi) is 5.54. The van der Waals surface area contributed by atoms with E-state index in [0.29, 0.717) is 5.56 Å². The van der Waals surface area contributed by atoms with E-state index in [2.05, 4.69) is 22.5 Å². The molecule has 2 amide bonds. The highest BCUT2D eigenvalue weighted by atomic mass is 16.2. The molecule has 4 nitrogen and oxygen atoms in total. The Bertz CT molecular complexity index is 768. The molecular weight excluding hydrogens is 288 g/mol. The lowest BCUT2D eigenvalue weighted by Gasteiger charge is -2.05. The SMILES string of the molecule is CC(=O)c1ccc(C#CCNC(=O)Nc2cccc(C)c2)cc1. The van der Waals surface area contributed by atoms with Crippen LogP contribution in [0.2, 0.25) is 0 Å². The van der Waals surface area contributed by atoms with Gasteiger partial charge in [-0.05, 0) is 43.7 Å². The zero-order chi connectivity index (χ0) is 16.7. The number of hydrogen-bond donors (Lipinski definition) is 2. The van der Waals surface area contributed by atoms with Gasteiger partial charge in [-0.1, -0.05) is 36.1 Å². The van der Waals surface area contributed by atoms with Crippen LogP contribution in [0.4, 0.5) is 10.5 Å². The summed E-state index contributed by atoms with van der Waals surface area (Å²) in [7, 11) is 0. The van der Waals surface area contributed by atoms with Crippen molar-refractivity contribution in [2.75, 3.05) is 11.9 Å². The van der Waals surface area contributed by atoms with Gasteiger partial charge in [0.1, 0.15) is 0 Å². The van der Waals surface area contributed by atoms with Gasteiger partial charge in [0, 0.05) is 16.8 Å². The van der Waals surface area contributed by atoms with E-state index in [9.17, 15) is 9.59 Å². The number of hydrogen-bond acceptors (Lipinski definition) is 2. The van der Waals surface area contributed by atoms with Crippen molar-refractivity contribution in [2.24, 2.45) is 0 Å². The standard InChI is InChI=1S/C19H18N2O2/c1-14-5-3-7-18(13-14)21-19(23)20-12-4-6-16-8-10-17(11-9-16)15(2)22/h3,5,7-11,13H,12H2,1-2H3,(H2,20,21,23). The van der Waals surface area contributed by atoms with Gasteiger partial charge in [0.05, 0.1) is 6.54 Å². The summed E-state index contributed by atoms with van der Waals surface area (Å²) in [6.45, 7) is 3.73. The molecule has 0 atom stereocenters. The number of Topliss-reactive ketones (excluding diaryl/α,β-unsaturated/α-hetero) is 1. The number of nitrogens with one attached hydrogen (secondary N) is 2. The number of carbonyl (C=O) groups excluding carboxylic acids is 2. The van der Waals surface area contributed by atoms with Crippen molar-refractivity contribution in [2.45, 2.75) is 13.8 Å². The molecule has 0 spiro atoms. The second-order valence-electron chi connectivity index (χ2n) is 5.11. The van der Waals surface area contributed by atoms with Crippen molar-refractivity contribution < 1.29 is 9.59 Å². The van der Waals surface area contributed by atoms with Crippen molar-refractivity contribution in [1.82, 2.24) is 5.32 Å². The van der Waals surface area contributed by atoms with Crippen molar-refractivity contribution in [3.63, 3.8) is 0 Å². The van der Waals surface area contributed by atoms with Crippen LogP contribution >= 0.6 is 0 Å². The quantitative estimate of drug-likeness (QED) is 0.674. The average Bonchev–Trinajstić information content (AvgIpc) is 2.52. The maximum atomic E-state index is 11.7. The van der Waals surface area contributed by atoms with E-state index in [1.807, 2.05) is 31.2 Å².